The SMILES string of the molecule is NCCCCC(NC(=O)C(N)CCC(=O)O)C(=O)NC(Cc1c[nH]c2ccccc12)C(=O)N1CCCC1C(=O)O. The van der Waals surface area contributed by atoms with Crippen molar-refractivity contribution in [2.45, 2.75) is 75.5 Å². The minimum atomic E-state index is -1.13. The molecule has 0 saturated carbocycles. The number of nitrogens with two attached hydrogens (primary N) is 2. The van der Waals surface area contributed by atoms with Crippen molar-refractivity contribution in [3.63, 3.8) is 0 Å². The Morgan fingerprint density at radius 1 is 1.02 bits per heavy atom. The van der Waals surface area contributed by atoms with E-state index in [0.29, 0.717) is 32.2 Å². The molecule has 1 aliphatic rings. The van der Waals surface area contributed by atoms with Crippen LogP contribution in [0.15, 0.2) is 30.5 Å². The Morgan fingerprint density at radius 3 is 2.45 bits per heavy atom. The van der Waals surface area contributed by atoms with Gasteiger partial charge in [0.25, 0.3) is 0 Å². The van der Waals surface area contributed by atoms with Gasteiger partial charge < -0.3 is 42.2 Å². The van der Waals surface area contributed by atoms with Gasteiger partial charge in [0.2, 0.25) is 17.7 Å². The predicted octanol–water partition coefficient (Wildman–Crippen LogP) is 0.0767. The van der Waals surface area contributed by atoms with Crippen molar-refractivity contribution < 1.29 is 34.2 Å². The maximum absolute atomic E-state index is 13.7. The van der Waals surface area contributed by atoms with Crippen LogP contribution in [0, 0.1) is 0 Å². The highest BCUT2D eigenvalue weighted by Crippen LogP contribution is 2.23. The zero-order chi connectivity index (χ0) is 29.2. The maximum atomic E-state index is 13.7. The Bertz CT molecular complexity index is 1210. The van der Waals surface area contributed by atoms with Crippen LogP contribution in [-0.2, 0) is 30.4 Å². The molecule has 2 heterocycles. The predicted molar refractivity (Wildman–Crippen MR) is 146 cm³/mol. The molecule has 218 valence electrons. The maximum Gasteiger partial charge on any atom is 0.326 e. The molecule has 1 aliphatic heterocycles. The van der Waals surface area contributed by atoms with Gasteiger partial charge in [0.15, 0.2) is 0 Å². The number of nitrogens with zero attached hydrogens (tertiary/aromatic N) is 1. The molecule has 4 atom stereocenters. The molecule has 2 aromatic rings. The number of likely N-dealkylation sites (tertiary alicyclic amines) is 1. The number of carbonyl (C=O) groups excluding carboxylic acids is 3. The number of unbranched alkanes of at least 4 members (excludes halogenated alkanes) is 1. The molecule has 4 unspecified atom stereocenters. The second-order valence-electron chi connectivity index (χ2n) is 10.0. The van der Waals surface area contributed by atoms with Gasteiger partial charge in [0.1, 0.15) is 18.1 Å². The van der Waals surface area contributed by atoms with Crippen molar-refractivity contribution in [1.82, 2.24) is 20.5 Å². The lowest BCUT2D eigenvalue weighted by atomic mass is 10.0. The van der Waals surface area contributed by atoms with Crippen molar-refractivity contribution in [3.05, 3.63) is 36.0 Å². The molecule has 0 bridgehead atoms. The average Bonchev–Trinajstić information content (AvgIpc) is 3.58. The van der Waals surface area contributed by atoms with Crippen LogP contribution in [0.1, 0.15) is 50.5 Å². The normalized spacial score (nSPS) is 17.2. The number of nitrogens with one attached hydrogen (secondary N) is 3. The van der Waals surface area contributed by atoms with Crippen LogP contribution in [0.4, 0.5) is 0 Å². The summed E-state index contributed by atoms with van der Waals surface area (Å²) >= 11 is 0. The fourth-order valence-electron chi connectivity index (χ4n) is 4.93. The third kappa shape index (κ3) is 8.02. The van der Waals surface area contributed by atoms with E-state index in [9.17, 15) is 29.1 Å². The van der Waals surface area contributed by atoms with Gasteiger partial charge in [0.05, 0.1) is 6.04 Å². The number of amides is 3. The Kier molecular flexibility index (Phi) is 11.0. The van der Waals surface area contributed by atoms with E-state index in [-0.39, 0.29) is 32.2 Å². The van der Waals surface area contributed by atoms with Gasteiger partial charge >= 0.3 is 11.9 Å². The van der Waals surface area contributed by atoms with E-state index >= 15 is 0 Å². The summed E-state index contributed by atoms with van der Waals surface area (Å²) < 4.78 is 0. The van der Waals surface area contributed by atoms with Crippen molar-refractivity contribution >= 4 is 40.6 Å². The van der Waals surface area contributed by atoms with Gasteiger partial charge in [-0.15, -0.1) is 0 Å². The zero-order valence-electron chi connectivity index (χ0n) is 22.3. The summed E-state index contributed by atoms with van der Waals surface area (Å²) in [4.78, 5) is 67.0. The summed E-state index contributed by atoms with van der Waals surface area (Å²) in [7, 11) is 0. The van der Waals surface area contributed by atoms with Gasteiger partial charge in [0, 0.05) is 36.5 Å². The van der Waals surface area contributed by atoms with Crippen molar-refractivity contribution in [3.8, 4) is 0 Å². The number of hydrogen-bond donors (Lipinski definition) is 7. The summed E-state index contributed by atoms with van der Waals surface area (Å²) in [5, 5.41) is 24.7. The van der Waals surface area contributed by atoms with Crippen LogP contribution in [0.3, 0.4) is 0 Å². The van der Waals surface area contributed by atoms with Crippen LogP contribution in [0.2, 0.25) is 0 Å². The number of aliphatic carboxylic acids is 2. The lowest BCUT2D eigenvalue weighted by Crippen LogP contribution is -2.57. The number of aromatic nitrogens is 1. The van der Waals surface area contributed by atoms with Crippen LogP contribution in [-0.4, -0.2) is 87.0 Å². The topological polar surface area (TPSA) is 221 Å². The highest BCUT2D eigenvalue weighted by atomic mass is 16.4. The number of carboxylic acid groups (broad SMARTS) is 2. The van der Waals surface area contributed by atoms with E-state index in [2.05, 4.69) is 15.6 Å². The number of aromatic amines is 1. The number of benzene rings is 1. The number of rotatable bonds is 15. The molecule has 13 heteroatoms. The molecular weight excluding hydrogens is 520 g/mol. The summed E-state index contributed by atoms with van der Waals surface area (Å²) in [5.41, 5.74) is 13.0. The number of carboxylic acids is 2. The molecule has 1 fully saturated rings. The quantitative estimate of drug-likeness (QED) is 0.147. The largest absolute Gasteiger partial charge is 0.481 e. The molecule has 3 rings (SSSR count). The fraction of sp³-hybridized carbons (Fsp3) is 0.519. The molecule has 0 radical (unpaired) electrons. The van der Waals surface area contributed by atoms with Crippen LogP contribution in [0.5, 0.6) is 0 Å². The van der Waals surface area contributed by atoms with Crippen LogP contribution in [0.25, 0.3) is 10.9 Å². The average molecular weight is 559 g/mol. The lowest BCUT2D eigenvalue weighted by molar-refractivity contribution is -0.149. The van der Waals surface area contributed by atoms with Crippen molar-refractivity contribution in [1.29, 1.82) is 0 Å². The molecule has 9 N–H and O–H groups in total. The molecule has 13 nitrogen and oxygen atoms in total. The number of para-hydroxylation sites is 1. The number of carbonyl (C=O) groups is 5. The van der Waals surface area contributed by atoms with Crippen molar-refractivity contribution in [2.24, 2.45) is 11.5 Å². The molecule has 40 heavy (non-hydrogen) atoms. The van der Waals surface area contributed by atoms with E-state index in [1.807, 2.05) is 24.3 Å². The number of H-pyrrole nitrogens is 1. The number of hydrogen-bond acceptors (Lipinski definition) is 7. The molecule has 0 spiro atoms. The summed E-state index contributed by atoms with van der Waals surface area (Å²) in [5.74, 6) is -4.03. The van der Waals surface area contributed by atoms with E-state index in [0.717, 1.165) is 16.5 Å². The summed E-state index contributed by atoms with van der Waals surface area (Å²) in [6.07, 6.45) is 3.60. The van der Waals surface area contributed by atoms with E-state index in [4.69, 9.17) is 16.6 Å². The first kappa shape index (κ1) is 30.6. The third-order valence-electron chi connectivity index (χ3n) is 7.12. The van der Waals surface area contributed by atoms with E-state index in [1.165, 1.54) is 4.90 Å². The number of fused-ring (bicyclic) bond motifs is 1. The molecular formula is C27H38N6O7. The third-order valence-corrected chi connectivity index (χ3v) is 7.12. The van der Waals surface area contributed by atoms with Gasteiger partial charge in [-0.05, 0) is 56.7 Å². The Hall–Kier alpha value is -3.97. The first-order chi connectivity index (χ1) is 19.1. The molecule has 0 aliphatic carbocycles. The standard InChI is InChI=1S/C27H38N6O7/c28-12-4-3-8-20(31-24(36)18(29)10-11-23(34)35)25(37)32-21(26(38)33-13-5-9-22(33)27(39)40)14-16-15-30-19-7-2-1-6-17(16)19/h1-2,6-7,15,18,20-22,30H,3-5,8-14,28-29H2,(H,31,36)(H,32,37)(H,34,35)(H,39,40). The van der Waals surface area contributed by atoms with Crippen LogP contribution < -0.4 is 22.1 Å². The van der Waals surface area contributed by atoms with E-state index < -0.39 is 53.8 Å². The fourth-order valence-corrected chi connectivity index (χ4v) is 4.93. The Balaban J connectivity index is 1.83. The second-order valence-corrected chi connectivity index (χ2v) is 10.0. The van der Waals surface area contributed by atoms with Crippen LogP contribution >= 0.6 is 0 Å². The molecule has 1 aromatic carbocycles. The van der Waals surface area contributed by atoms with E-state index in [1.54, 1.807) is 6.20 Å². The summed E-state index contributed by atoms with van der Waals surface area (Å²) in [6.45, 7) is 0.638. The molecule has 1 aromatic heterocycles. The zero-order valence-corrected chi connectivity index (χ0v) is 22.3. The monoisotopic (exact) mass is 558 g/mol. The minimum Gasteiger partial charge on any atom is -0.481 e. The molecule has 3 amide bonds. The van der Waals surface area contributed by atoms with Crippen molar-refractivity contribution in [2.75, 3.05) is 13.1 Å². The first-order valence-electron chi connectivity index (χ1n) is 13.5. The van der Waals surface area contributed by atoms with Gasteiger partial charge in [-0.2, -0.15) is 0 Å². The summed E-state index contributed by atoms with van der Waals surface area (Å²) in [6, 6.07) is 3.22. The van der Waals surface area contributed by atoms with Gasteiger partial charge in [-0.1, -0.05) is 18.2 Å². The minimum absolute atomic E-state index is 0.0962. The highest BCUT2D eigenvalue weighted by Gasteiger charge is 2.38. The molecule has 1 saturated heterocycles. The Labute approximate surface area is 231 Å². The lowest BCUT2D eigenvalue weighted by Gasteiger charge is -2.29. The van der Waals surface area contributed by atoms with Gasteiger partial charge in [-0.25, -0.2) is 4.79 Å². The second kappa shape index (κ2) is 14.4. The smallest absolute Gasteiger partial charge is 0.326 e. The highest BCUT2D eigenvalue weighted by molar-refractivity contribution is 5.95. The van der Waals surface area contributed by atoms with Gasteiger partial charge in [-0.3, -0.25) is 19.2 Å². The Morgan fingerprint density at radius 2 is 1.75 bits per heavy atom. The first-order valence-corrected chi connectivity index (χ1v) is 13.5.